The maximum atomic E-state index is 11.9. The molecule has 1 aliphatic rings. The van der Waals surface area contributed by atoms with Gasteiger partial charge in [0.2, 0.25) is 0 Å². The van der Waals surface area contributed by atoms with Gasteiger partial charge in [-0.05, 0) is 31.2 Å². The molecule has 0 unspecified atom stereocenters. The molecule has 1 N–H and O–H groups in total. The SMILES string of the molecule is CCOC(=O)C1=C(Nc2ccc3oc(=O)ccc3c2)SCC1=O. The van der Waals surface area contributed by atoms with Crippen LogP contribution in [0.2, 0.25) is 0 Å². The number of carbonyl (C=O) groups excluding carboxylic acids is 2. The molecule has 3 rings (SSSR count). The van der Waals surface area contributed by atoms with Gasteiger partial charge in [0.15, 0.2) is 5.78 Å². The van der Waals surface area contributed by atoms with Crippen molar-refractivity contribution in [3.8, 4) is 0 Å². The predicted octanol–water partition coefficient (Wildman–Crippen LogP) is 2.30. The second-order valence-electron chi connectivity index (χ2n) is 4.77. The van der Waals surface area contributed by atoms with Gasteiger partial charge in [-0.15, -0.1) is 0 Å². The Hall–Kier alpha value is -2.54. The lowest BCUT2D eigenvalue weighted by Gasteiger charge is -2.09. The number of ether oxygens (including phenoxy) is 1. The number of anilines is 1. The first-order chi connectivity index (χ1) is 11.1. The highest BCUT2D eigenvalue weighted by Crippen LogP contribution is 2.31. The minimum atomic E-state index is -0.614. The smallest absolute Gasteiger partial charge is 0.344 e. The number of benzene rings is 1. The largest absolute Gasteiger partial charge is 0.462 e. The van der Waals surface area contributed by atoms with Crippen LogP contribution < -0.4 is 10.9 Å². The lowest BCUT2D eigenvalue weighted by atomic mass is 10.2. The van der Waals surface area contributed by atoms with Crippen LogP contribution in [0.25, 0.3) is 11.0 Å². The van der Waals surface area contributed by atoms with Gasteiger partial charge in [-0.3, -0.25) is 4.79 Å². The zero-order valence-electron chi connectivity index (χ0n) is 12.3. The average Bonchev–Trinajstić information content (AvgIpc) is 2.88. The number of hydrogen-bond acceptors (Lipinski definition) is 7. The third kappa shape index (κ3) is 3.14. The van der Waals surface area contributed by atoms with Crippen molar-refractivity contribution in [3.63, 3.8) is 0 Å². The van der Waals surface area contributed by atoms with Crippen molar-refractivity contribution >= 4 is 40.2 Å². The van der Waals surface area contributed by atoms with Crippen molar-refractivity contribution in [2.75, 3.05) is 17.7 Å². The Morgan fingerprint density at radius 1 is 1.30 bits per heavy atom. The Kier molecular flexibility index (Phi) is 4.20. The van der Waals surface area contributed by atoms with Crippen LogP contribution in [0.5, 0.6) is 0 Å². The minimum absolute atomic E-state index is 0.0524. The summed E-state index contributed by atoms with van der Waals surface area (Å²) in [7, 11) is 0. The fourth-order valence-electron chi connectivity index (χ4n) is 2.20. The van der Waals surface area contributed by atoms with Crippen molar-refractivity contribution in [2.45, 2.75) is 6.92 Å². The van der Waals surface area contributed by atoms with Gasteiger partial charge in [-0.2, -0.15) is 0 Å². The zero-order chi connectivity index (χ0) is 16.4. The fourth-order valence-corrected chi connectivity index (χ4v) is 3.15. The first-order valence-corrected chi connectivity index (χ1v) is 7.95. The molecule has 0 saturated carbocycles. The number of nitrogens with one attached hydrogen (secondary N) is 1. The van der Waals surface area contributed by atoms with Gasteiger partial charge in [-0.25, -0.2) is 9.59 Å². The van der Waals surface area contributed by atoms with Crippen LogP contribution in [0.4, 0.5) is 5.69 Å². The van der Waals surface area contributed by atoms with Gasteiger partial charge >= 0.3 is 11.6 Å². The highest BCUT2D eigenvalue weighted by Gasteiger charge is 2.30. The topological polar surface area (TPSA) is 85.6 Å². The molecule has 1 aromatic carbocycles. The molecule has 0 bridgehead atoms. The van der Waals surface area contributed by atoms with Crippen LogP contribution >= 0.6 is 11.8 Å². The van der Waals surface area contributed by atoms with E-state index in [-0.39, 0.29) is 23.7 Å². The molecule has 7 heteroatoms. The number of thioether (sulfide) groups is 1. The third-order valence-electron chi connectivity index (χ3n) is 3.21. The fraction of sp³-hybridized carbons (Fsp3) is 0.188. The number of esters is 1. The summed E-state index contributed by atoms with van der Waals surface area (Å²) < 4.78 is 9.99. The van der Waals surface area contributed by atoms with Crippen LogP contribution in [-0.2, 0) is 14.3 Å². The lowest BCUT2D eigenvalue weighted by Crippen LogP contribution is -2.16. The number of carbonyl (C=O) groups is 2. The molecule has 0 spiro atoms. The zero-order valence-corrected chi connectivity index (χ0v) is 13.1. The van der Waals surface area contributed by atoms with E-state index in [1.807, 2.05) is 0 Å². The van der Waals surface area contributed by atoms with E-state index < -0.39 is 11.6 Å². The Balaban J connectivity index is 1.93. The van der Waals surface area contributed by atoms with Crippen LogP contribution in [-0.4, -0.2) is 24.1 Å². The van der Waals surface area contributed by atoms with Crippen LogP contribution in [0, 0.1) is 0 Å². The third-order valence-corrected chi connectivity index (χ3v) is 4.21. The molecule has 23 heavy (non-hydrogen) atoms. The molecule has 0 fully saturated rings. The van der Waals surface area contributed by atoms with Crippen LogP contribution in [0.15, 0.2) is 50.1 Å². The average molecular weight is 331 g/mol. The summed E-state index contributed by atoms with van der Waals surface area (Å²) in [5.41, 5.74) is 0.794. The highest BCUT2D eigenvalue weighted by molar-refractivity contribution is 8.04. The number of Topliss-reactive ketones (excluding diaryl/α,β-unsaturated/α-hetero) is 1. The van der Waals surface area contributed by atoms with E-state index in [0.29, 0.717) is 16.3 Å². The van der Waals surface area contributed by atoms with Gasteiger partial charge in [0.05, 0.1) is 17.4 Å². The molecule has 0 amide bonds. The molecule has 1 aromatic heterocycles. The highest BCUT2D eigenvalue weighted by atomic mass is 32.2. The first-order valence-electron chi connectivity index (χ1n) is 6.97. The van der Waals surface area contributed by atoms with E-state index in [2.05, 4.69) is 5.32 Å². The maximum Gasteiger partial charge on any atom is 0.344 e. The molecule has 2 aromatic rings. The maximum absolute atomic E-state index is 11.9. The van der Waals surface area contributed by atoms with Crippen molar-refractivity contribution in [1.29, 1.82) is 0 Å². The monoisotopic (exact) mass is 331 g/mol. The van der Waals surface area contributed by atoms with Crippen molar-refractivity contribution < 1.29 is 18.7 Å². The van der Waals surface area contributed by atoms with E-state index in [4.69, 9.17) is 9.15 Å². The molecular weight excluding hydrogens is 318 g/mol. The van der Waals surface area contributed by atoms with Gasteiger partial charge in [0, 0.05) is 17.1 Å². The van der Waals surface area contributed by atoms with E-state index in [9.17, 15) is 14.4 Å². The summed E-state index contributed by atoms with van der Waals surface area (Å²) in [5, 5.41) is 4.28. The summed E-state index contributed by atoms with van der Waals surface area (Å²) >= 11 is 1.26. The van der Waals surface area contributed by atoms with E-state index in [1.54, 1.807) is 31.2 Å². The standard InChI is InChI=1S/C16H13NO5S/c1-2-21-16(20)14-11(18)8-23-15(14)17-10-4-5-12-9(7-10)3-6-13(19)22-12/h3-7,17H,2,8H2,1H3. The molecule has 0 saturated heterocycles. The Labute approximate surface area is 135 Å². The Morgan fingerprint density at radius 3 is 2.91 bits per heavy atom. The number of ketones is 1. The van der Waals surface area contributed by atoms with Gasteiger partial charge < -0.3 is 14.5 Å². The molecule has 1 aliphatic heterocycles. The van der Waals surface area contributed by atoms with Gasteiger partial charge in [0.1, 0.15) is 11.2 Å². The summed E-state index contributed by atoms with van der Waals surface area (Å²) in [6.07, 6.45) is 0. The second kappa shape index (κ2) is 6.29. The quantitative estimate of drug-likeness (QED) is 0.522. The molecular formula is C16H13NO5S. The van der Waals surface area contributed by atoms with E-state index in [0.717, 1.165) is 5.39 Å². The molecule has 0 atom stereocenters. The first kappa shape index (κ1) is 15.4. The van der Waals surface area contributed by atoms with Crippen molar-refractivity contribution in [3.05, 3.63) is 51.4 Å². The molecule has 118 valence electrons. The predicted molar refractivity (Wildman–Crippen MR) is 87.2 cm³/mol. The van der Waals surface area contributed by atoms with Crippen molar-refractivity contribution in [1.82, 2.24) is 0 Å². The molecule has 0 aliphatic carbocycles. The molecule has 0 radical (unpaired) electrons. The lowest BCUT2D eigenvalue weighted by molar-refractivity contribution is -0.139. The van der Waals surface area contributed by atoms with Crippen LogP contribution in [0.3, 0.4) is 0 Å². The van der Waals surface area contributed by atoms with Gasteiger partial charge in [0.25, 0.3) is 0 Å². The number of rotatable bonds is 4. The summed E-state index contributed by atoms with van der Waals surface area (Å²) in [5.74, 6) is -0.654. The van der Waals surface area contributed by atoms with Crippen molar-refractivity contribution in [2.24, 2.45) is 0 Å². The molecule has 6 nitrogen and oxygen atoms in total. The Morgan fingerprint density at radius 2 is 2.13 bits per heavy atom. The van der Waals surface area contributed by atoms with Gasteiger partial charge in [-0.1, -0.05) is 11.8 Å². The Bertz CT molecular complexity index is 883. The summed E-state index contributed by atoms with van der Waals surface area (Å²) in [6.45, 7) is 1.90. The summed E-state index contributed by atoms with van der Waals surface area (Å²) in [4.78, 5) is 35.0. The molecule has 2 heterocycles. The van der Waals surface area contributed by atoms with E-state index in [1.165, 1.54) is 17.8 Å². The minimum Gasteiger partial charge on any atom is -0.462 e. The second-order valence-corrected chi connectivity index (χ2v) is 5.75. The summed E-state index contributed by atoms with van der Waals surface area (Å²) in [6, 6.07) is 8.14. The van der Waals surface area contributed by atoms with Crippen LogP contribution in [0.1, 0.15) is 6.92 Å². The van der Waals surface area contributed by atoms with E-state index >= 15 is 0 Å². The normalized spacial score (nSPS) is 14.4. The number of fused-ring (bicyclic) bond motifs is 1. The number of hydrogen-bond donors (Lipinski definition) is 1.